The van der Waals surface area contributed by atoms with E-state index in [9.17, 15) is 22.8 Å². The topological polar surface area (TPSA) is 148 Å². The van der Waals surface area contributed by atoms with Gasteiger partial charge in [-0.05, 0) is 29.8 Å². The smallest absolute Gasteiger partial charge is 0.323 e. The van der Waals surface area contributed by atoms with Gasteiger partial charge < -0.3 is 15.0 Å². The number of thiophene rings is 1. The summed E-state index contributed by atoms with van der Waals surface area (Å²) in [7, 11) is -2.38. The monoisotopic (exact) mass is 460 g/mol. The molecule has 3 heterocycles. The number of primary sulfonamides is 1. The molecule has 1 aromatic carbocycles. The number of nitrogens with zero attached hydrogens (tertiary/aromatic N) is 1. The van der Waals surface area contributed by atoms with Gasteiger partial charge in [0.05, 0.1) is 18.5 Å². The predicted molar refractivity (Wildman–Crippen MR) is 110 cm³/mol. The van der Waals surface area contributed by atoms with Crippen molar-refractivity contribution >= 4 is 39.2 Å². The highest BCUT2D eigenvalue weighted by Crippen LogP contribution is 2.28. The normalized spacial score (nSPS) is 20.1. The Bertz CT molecular complexity index is 1290. The van der Waals surface area contributed by atoms with Gasteiger partial charge in [-0.25, -0.2) is 18.4 Å². The number of ether oxygens (including phenoxy) is 1. The van der Waals surface area contributed by atoms with Crippen LogP contribution in [0.2, 0.25) is 0 Å². The van der Waals surface area contributed by atoms with E-state index in [1.54, 1.807) is 18.2 Å². The third-order valence-corrected chi connectivity index (χ3v) is 7.27. The van der Waals surface area contributed by atoms with Gasteiger partial charge >= 0.3 is 6.03 Å². The number of hydrogen-bond donors (Lipinski definition) is 3. The maximum Gasteiger partial charge on any atom is 0.323 e. The molecule has 31 heavy (non-hydrogen) atoms. The first-order chi connectivity index (χ1) is 14.6. The summed E-state index contributed by atoms with van der Waals surface area (Å²) < 4.78 is 28.0. The predicted octanol–water partition coefficient (Wildman–Crippen LogP) is -0.0102. The molecule has 0 radical (unpaired) electrons. The van der Waals surface area contributed by atoms with E-state index in [1.165, 1.54) is 24.1 Å². The number of amides is 4. The fourth-order valence-electron chi connectivity index (χ4n) is 3.32. The zero-order chi connectivity index (χ0) is 22.4. The van der Waals surface area contributed by atoms with Gasteiger partial charge in [-0.15, -0.1) is 11.3 Å². The van der Waals surface area contributed by atoms with Gasteiger partial charge in [0.2, 0.25) is 15.6 Å². The number of hydrogen-bond acceptors (Lipinski definition) is 7. The molecule has 1 atom stereocenters. The molecule has 4 N–H and O–H groups in total. The highest BCUT2D eigenvalue weighted by atomic mass is 32.2. The fraction of sp³-hybridized carbons (Fsp3) is 0.211. The van der Waals surface area contributed by atoms with E-state index in [2.05, 4.69) is 22.5 Å². The summed E-state index contributed by atoms with van der Waals surface area (Å²) >= 11 is 0.836. The maximum absolute atomic E-state index is 12.9. The molecule has 160 valence electrons. The number of imide groups is 1. The van der Waals surface area contributed by atoms with Crippen LogP contribution < -0.4 is 20.5 Å². The Balaban J connectivity index is 1.65. The second-order valence-corrected chi connectivity index (χ2v) is 9.78. The summed E-state index contributed by atoms with van der Waals surface area (Å²) in [5, 5.41) is 9.73. The van der Waals surface area contributed by atoms with Crippen LogP contribution >= 0.6 is 11.3 Å². The average molecular weight is 460 g/mol. The lowest BCUT2D eigenvalue weighted by Gasteiger charge is -2.26. The summed E-state index contributed by atoms with van der Waals surface area (Å²) in [4.78, 5) is 39.1. The standard InChI is InChI=1S/C19H16N4O6S2/c1-29-12-3-2-11-9-23(16(24)14(11)8-12)10-19(17(25)21-18(26)22-19)7-6-13-4-5-15(30-13)31(20,27)28/h2-5,8H,9-10H2,1H3,(H2,20,27,28)(H2,21,22,25,26)/t19-/m1/s1. The van der Waals surface area contributed by atoms with Gasteiger partial charge in [-0.2, -0.15) is 0 Å². The lowest BCUT2D eigenvalue weighted by atomic mass is 9.99. The molecule has 4 amide bonds. The van der Waals surface area contributed by atoms with E-state index >= 15 is 0 Å². The third kappa shape index (κ3) is 3.86. The van der Waals surface area contributed by atoms with Crippen molar-refractivity contribution in [3.05, 3.63) is 46.3 Å². The highest BCUT2D eigenvalue weighted by molar-refractivity contribution is 7.91. The number of sulfonamides is 1. The molecule has 12 heteroatoms. The Labute approximate surface area is 181 Å². The van der Waals surface area contributed by atoms with Gasteiger partial charge in [0, 0.05) is 12.1 Å². The molecule has 1 aromatic heterocycles. The van der Waals surface area contributed by atoms with Crippen LogP contribution in [0.3, 0.4) is 0 Å². The van der Waals surface area contributed by atoms with Crippen LogP contribution in [0, 0.1) is 11.8 Å². The Morgan fingerprint density at radius 1 is 1.26 bits per heavy atom. The Morgan fingerprint density at radius 2 is 2.03 bits per heavy atom. The van der Waals surface area contributed by atoms with Crippen molar-refractivity contribution in [2.75, 3.05) is 13.7 Å². The molecular weight excluding hydrogens is 444 g/mol. The van der Waals surface area contributed by atoms with E-state index in [1.807, 2.05) is 0 Å². The van der Waals surface area contributed by atoms with Crippen LogP contribution in [0.1, 0.15) is 20.8 Å². The van der Waals surface area contributed by atoms with Gasteiger partial charge in [0.25, 0.3) is 11.8 Å². The van der Waals surface area contributed by atoms with Crippen molar-refractivity contribution in [3.8, 4) is 17.6 Å². The molecule has 2 aromatic rings. The first-order valence-electron chi connectivity index (χ1n) is 8.87. The molecule has 0 unspecified atom stereocenters. The molecule has 2 aliphatic heterocycles. The lowest BCUT2D eigenvalue weighted by Crippen LogP contribution is -2.54. The summed E-state index contributed by atoms with van der Waals surface area (Å²) in [6.45, 7) is 0.0418. The number of nitrogens with two attached hydrogens (primary N) is 1. The van der Waals surface area contributed by atoms with Crippen molar-refractivity contribution in [1.82, 2.24) is 15.5 Å². The summed E-state index contributed by atoms with van der Waals surface area (Å²) in [5.41, 5.74) is -0.483. The van der Waals surface area contributed by atoms with Gasteiger partial charge in [0.15, 0.2) is 0 Å². The van der Waals surface area contributed by atoms with Crippen LogP contribution in [0.25, 0.3) is 0 Å². The van der Waals surface area contributed by atoms with E-state index in [0.29, 0.717) is 16.2 Å². The Hall–Kier alpha value is -3.40. The minimum atomic E-state index is -3.88. The van der Waals surface area contributed by atoms with E-state index in [-0.39, 0.29) is 23.2 Å². The number of fused-ring (bicyclic) bond motifs is 1. The first kappa shape index (κ1) is 20.9. The number of carbonyl (C=O) groups is 3. The minimum Gasteiger partial charge on any atom is -0.497 e. The highest BCUT2D eigenvalue weighted by Gasteiger charge is 2.48. The van der Waals surface area contributed by atoms with Gasteiger partial charge in [-0.3, -0.25) is 14.9 Å². The zero-order valence-corrected chi connectivity index (χ0v) is 17.7. The van der Waals surface area contributed by atoms with Gasteiger partial charge in [0.1, 0.15) is 9.96 Å². The van der Waals surface area contributed by atoms with E-state index < -0.39 is 27.5 Å². The quantitative estimate of drug-likeness (QED) is 0.432. The van der Waals surface area contributed by atoms with Crippen LogP contribution in [-0.2, 0) is 21.4 Å². The molecule has 4 rings (SSSR count). The second kappa shape index (κ2) is 7.38. The zero-order valence-electron chi connectivity index (χ0n) is 16.1. The van der Waals surface area contributed by atoms with E-state index in [0.717, 1.165) is 16.9 Å². The average Bonchev–Trinajstić information content (AvgIpc) is 3.38. The van der Waals surface area contributed by atoms with Crippen molar-refractivity contribution < 1.29 is 27.5 Å². The number of carbonyl (C=O) groups excluding carboxylic acids is 3. The first-order valence-corrected chi connectivity index (χ1v) is 11.2. The number of urea groups is 1. The fourth-order valence-corrected chi connectivity index (χ4v) is 4.90. The maximum atomic E-state index is 12.9. The summed E-state index contributed by atoms with van der Waals surface area (Å²) in [6, 6.07) is 7.12. The number of benzene rings is 1. The molecule has 0 spiro atoms. The van der Waals surface area contributed by atoms with Crippen LogP contribution in [-0.4, -0.2) is 50.4 Å². The number of nitrogens with one attached hydrogen (secondary N) is 2. The molecule has 1 saturated heterocycles. The molecule has 10 nitrogen and oxygen atoms in total. The van der Waals surface area contributed by atoms with Crippen molar-refractivity contribution in [2.24, 2.45) is 5.14 Å². The number of methoxy groups -OCH3 is 1. The number of rotatable bonds is 4. The minimum absolute atomic E-state index is 0.0788. The Morgan fingerprint density at radius 3 is 2.65 bits per heavy atom. The van der Waals surface area contributed by atoms with Crippen LogP contribution in [0.4, 0.5) is 4.79 Å². The molecular formula is C19H16N4O6S2. The van der Waals surface area contributed by atoms with Crippen molar-refractivity contribution in [3.63, 3.8) is 0 Å². The lowest BCUT2D eigenvalue weighted by molar-refractivity contribution is -0.122. The van der Waals surface area contributed by atoms with Crippen LogP contribution in [0.5, 0.6) is 5.75 Å². The summed E-state index contributed by atoms with van der Waals surface area (Å²) in [6.07, 6.45) is 0. The summed E-state index contributed by atoms with van der Waals surface area (Å²) in [5.74, 6) is 4.93. The molecule has 2 aliphatic rings. The van der Waals surface area contributed by atoms with Gasteiger partial charge in [-0.1, -0.05) is 17.9 Å². The molecule has 0 bridgehead atoms. The SMILES string of the molecule is COc1ccc2c(c1)C(=O)N(C[C@@]1(C#Cc3ccc(S(N)(=O)=O)s3)NC(=O)NC1=O)C2. The molecule has 0 saturated carbocycles. The largest absolute Gasteiger partial charge is 0.497 e. The third-order valence-electron chi connectivity index (χ3n) is 4.83. The molecule has 0 aliphatic carbocycles. The van der Waals surface area contributed by atoms with Crippen molar-refractivity contribution in [1.29, 1.82) is 0 Å². The molecule has 1 fully saturated rings. The van der Waals surface area contributed by atoms with Crippen LogP contribution in [0.15, 0.2) is 34.5 Å². The van der Waals surface area contributed by atoms with E-state index in [4.69, 9.17) is 9.88 Å². The second-order valence-electron chi connectivity index (χ2n) is 6.91. The van der Waals surface area contributed by atoms with Crippen molar-refractivity contribution in [2.45, 2.75) is 16.3 Å². The Kier molecular flexibility index (Phi) is 4.97.